The molecule has 4 nitrogen and oxygen atoms in total. The lowest BCUT2D eigenvalue weighted by Gasteiger charge is -2.06. The minimum absolute atomic E-state index is 0.538. The van der Waals surface area contributed by atoms with Crippen molar-refractivity contribution >= 4 is 28.3 Å². The number of aryl methyl sites for hydroxylation is 1. The molecule has 98 valence electrons. The second-order valence-electron chi connectivity index (χ2n) is 4.44. The van der Waals surface area contributed by atoms with E-state index in [0.29, 0.717) is 5.95 Å². The Labute approximate surface area is 115 Å². The van der Waals surface area contributed by atoms with Crippen molar-refractivity contribution in [2.45, 2.75) is 13.5 Å². The summed E-state index contributed by atoms with van der Waals surface area (Å²) in [6, 6.07) is 7.96. The van der Waals surface area contributed by atoms with E-state index in [1.807, 2.05) is 22.8 Å². The highest BCUT2D eigenvalue weighted by Crippen LogP contribution is 2.25. The van der Waals surface area contributed by atoms with Crippen molar-refractivity contribution in [3.05, 3.63) is 40.1 Å². The summed E-state index contributed by atoms with van der Waals surface area (Å²) in [7, 11) is 1.65. The number of hydrogen-bond acceptors (Lipinski definition) is 4. The van der Waals surface area contributed by atoms with E-state index in [9.17, 15) is 0 Å². The Morgan fingerprint density at radius 2 is 2.21 bits per heavy atom. The monoisotopic (exact) mass is 273 g/mol. The Balaban J connectivity index is 2.08. The third kappa shape index (κ3) is 2.06. The van der Waals surface area contributed by atoms with Crippen molar-refractivity contribution in [1.82, 2.24) is 9.55 Å². The molecule has 3 rings (SSSR count). The summed E-state index contributed by atoms with van der Waals surface area (Å²) in [6.07, 6.45) is 0. The van der Waals surface area contributed by atoms with Crippen LogP contribution in [0, 0.1) is 6.92 Å². The van der Waals surface area contributed by atoms with Gasteiger partial charge in [-0.15, -0.1) is 11.3 Å². The van der Waals surface area contributed by atoms with E-state index in [4.69, 9.17) is 10.5 Å². The van der Waals surface area contributed by atoms with E-state index < -0.39 is 0 Å². The molecule has 5 heteroatoms. The summed E-state index contributed by atoms with van der Waals surface area (Å²) >= 11 is 1.74. The summed E-state index contributed by atoms with van der Waals surface area (Å²) in [5.74, 6) is 1.33. The second kappa shape index (κ2) is 4.59. The first-order valence-electron chi connectivity index (χ1n) is 6.02. The first-order chi connectivity index (χ1) is 9.19. The molecule has 0 bridgehead atoms. The van der Waals surface area contributed by atoms with Gasteiger partial charge in [-0.3, -0.25) is 0 Å². The molecule has 0 aliphatic carbocycles. The van der Waals surface area contributed by atoms with Crippen molar-refractivity contribution < 1.29 is 4.74 Å². The van der Waals surface area contributed by atoms with Crippen LogP contribution in [0.5, 0.6) is 5.75 Å². The Hall–Kier alpha value is -2.01. The van der Waals surface area contributed by atoms with Gasteiger partial charge in [0.05, 0.1) is 24.7 Å². The minimum Gasteiger partial charge on any atom is -0.497 e. The van der Waals surface area contributed by atoms with Gasteiger partial charge in [0, 0.05) is 10.9 Å². The summed E-state index contributed by atoms with van der Waals surface area (Å²) in [4.78, 5) is 5.70. The van der Waals surface area contributed by atoms with Gasteiger partial charge in [0.2, 0.25) is 5.95 Å². The number of nitrogens with zero attached hydrogens (tertiary/aromatic N) is 2. The van der Waals surface area contributed by atoms with Crippen LogP contribution in [0.4, 0.5) is 5.95 Å². The highest BCUT2D eigenvalue weighted by Gasteiger charge is 2.11. The average molecular weight is 273 g/mol. The van der Waals surface area contributed by atoms with Crippen molar-refractivity contribution in [2.75, 3.05) is 12.8 Å². The van der Waals surface area contributed by atoms with Gasteiger partial charge in [-0.2, -0.15) is 0 Å². The Morgan fingerprint density at radius 3 is 2.89 bits per heavy atom. The van der Waals surface area contributed by atoms with Crippen molar-refractivity contribution in [3.63, 3.8) is 0 Å². The van der Waals surface area contributed by atoms with Gasteiger partial charge in [0.15, 0.2) is 0 Å². The first-order valence-corrected chi connectivity index (χ1v) is 6.89. The molecule has 0 unspecified atom stereocenters. The topological polar surface area (TPSA) is 53.1 Å². The van der Waals surface area contributed by atoms with Gasteiger partial charge in [-0.05, 0) is 36.1 Å². The zero-order valence-corrected chi connectivity index (χ0v) is 11.7. The number of fused-ring (bicyclic) bond motifs is 1. The molecule has 0 atom stereocenters. The fraction of sp³-hybridized carbons (Fsp3) is 0.214. The highest BCUT2D eigenvalue weighted by molar-refractivity contribution is 7.10. The lowest BCUT2D eigenvalue weighted by atomic mass is 10.2. The SMILES string of the molecule is COc1ccc2c(c1)nc(N)n2Cc1sccc1C. The molecule has 0 aliphatic rings. The molecule has 2 N–H and O–H groups in total. The summed E-state index contributed by atoms with van der Waals surface area (Å²) in [6.45, 7) is 2.88. The maximum absolute atomic E-state index is 6.03. The number of anilines is 1. The van der Waals surface area contributed by atoms with Gasteiger partial charge in [0.1, 0.15) is 5.75 Å². The predicted octanol–water partition coefficient (Wildman–Crippen LogP) is 3.05. The van der Waals surface area contributed by atoms with Crippen LogP contribution in [-0.2, 0) is 6.54 Å². The minimum atomic E-state index is 0.538. The van der Waals surface area contributed by atoms with Gasteiger partial charge < -0.3 is 15.0 Å². The van der Waals surface area contributed by atoms with Crippen LogP contribution in [-0.4, -0.2) is 16.7 Å². The zero-order chi connectivity index (χ0) is 13.4. The summed E-state index contributed by atoms with van der Waals surface area (Å²) in [5, 5.41) is 2.10. The van der Waals surface area contributed by atoms with Crippen LogP contribution in [0.25, 0.3) is 11.0 Å². The molecule has 0 radical (unpaired) electrons. The number of nitrogen functional groups attached to an aromatic ring is 1. The number of rotatable bonds is 3. The molecule has 1 aromatic carbocycles. The van der Waals surface area contributed by atoms with Gasteiger partial charge in [0.25, 0.3) is 0 Å². The number of ether oxygens (including phenoxy) is 1. The number of aromatic nitrogens is 2. The predicted molar refractivity (Wildman–Crippen MR) is 78.9 cm³/mol. The van der Waals surface area contributed by atoms with E-state index in [1.54, 1.807) is 18.4 Å². The Kier molecular flexibility index (Phi) is 2.91. The van der Waals surface area contributed by atoms with Crippen molar-refractivity contribution in [3.8, 4) is 5.75 Å². The number of imidazole rings is 1. The number of benzene rings is 1. The van der Waals surface area contributed by atoms with Crippen LogP contribution >= 0.6 is 11.3 Å². The third-order valence-electron chi connectivity index (χ3n) is 3.25. The van der Waals surface area contributed by atoms with Crippen LogP contribution in [0.3, 0.4) is 0 Å². The molecule has 0 amide bonds. The molecular weight excluding hydrogens is 258 g/mol. The zero-order valence-electron chi connectivity index (χ0n) is 10.9. The largest absolute Gasteiger partial charge is 0.497 e. The quantitative estimate of drug-likeness (QED) is 0.798. The molecule has 3 aromatic rings. The summed E-state index contributed by atoms with van der Waals surface area (Å²) < 4.78 is 7.24. The van der Waals surface area contributed by atoms with E-state index in [2.05, 4.69) is 23.4 Å². The maximum atomic E-state index is 6.03. The van der Waals surface area contributed by atoms with Crippen LogP contribution in [0.2, 0.25) is 0 Å². The molecular formula is C14H15N3OS. The average Bonchev–Trinajstić information content (AvgIpc) is 2.94. The van der Waals surface area contributed by atoms with Crippen LogP contribution < -0.4 is 10.5 Å². The van der Waals surface area contributed by atoms with Crippen LogP contribution in [0.1, 0.15) is 10.4 Å². The molecule has 19 heavy (non-hydrogen) atoms. The number of hydrogen-bond donors (Lipinski definition) is 1. The standard InChI is InChI=1S/C14H15N3OS/c1-9-5-6-19-13(9)8-17-12-4-3-10(18-2)7-11(12)16-14(17)15/h3-7H,8H2,1-2H3,(H2,15,16). The fourth-order valence-electron chi connectivity index (χ4n) is 2.13. The highest BCUT2D eigenvalue weighted by atomic mass is 32.1. The smallest absolute Gasteiger partial charge is 0.201 e. The molecule has 0 fully saturated rings. The van der Waals surface area contributed by atoms with Crippen molar-refractivity contribution in [1.29, 1.82) is 0 Å². The van der Waals surface area contributed by atoms with Gasteiger partial charge in [-0.1, -0.05) is 0 Å². The van der Waals surface area contributed by atoms with E-state index in [1.165, 1.54) is 10.4 Å². The molecule has 0 saturated heterocycles. The number of methoxy groups -OCH3 is 1. The molecule has 2 aromatic heterocycles. The van der Waals surface area contributed by atoms with E-state index in [0.717, 1.165) is 23.3 Å². The molecule has 0 spiro atoms. The normalized spacial score (nSPS) is 11.1. The molecule has 0 saturated carbocycles. The summed E-state index contributed by atoms with van der Waals surface area (Å²) in [5.41, 5.74) is 9.22. The lowest BCUT2D eigenvalue weighted by molar-refractivity contribution is 0.415. The Bertz CT molecular complexity index is 729. The van der Waals surface area contributed by atoms with E-state index >= 15 is 0 Å². The molecule has 2 heterocycles. The van der Waals surface area contributed by atoms with Gasteiger partial charge in [-0.25, -0.2) is 4.98 Å². The second-order valence-corrected chi connectivity index (χ2v) is 5.44. The number of thiophene rings is 1. The fourth-order valence-corrected chi connectivity index (χ4v) is 3.03. The van der Waals surface area contributed by atoms with E-state index in [-0.39, 0.29) is 0 Å². The van der Waals surface area contributed by atoms with Gasteiger partial charge >= 0.3 is 0 Å². The van der Waals surface area contributed by atoms with Crippen LogP contribution in [0.15, 0.2) is 29.6 Å². The first kappa shape index (κ1) is 12.0. The molecule has 0 aliphatic heterocycles. The third-order valence-corrected chi connectivity index (χ3v) is 4.26. The van der Waals surface area contributed by atoms with Crippen molar-refractivity contribution in [2.24, 2.45) is 0 Å². The lowest BCUT2D eigenvalue weighted by Crippen LogP contribution is -2.04. The Morgan fingerprint density at radius 1 is 1.37 bits per heavy atom. The number of nitrogens with two attached hydrogens (primary N) is 1. The maximum Gasteiger partial charge on any atom is 0.201 e.